The number of carbonyl (C=O) groups excluding carboxylic acids is 3. The van der Waals surface area contributed by atoms with Crippen molar-refractivity contribution in [1.29, 1.82) is 0 Å². The molecule has 6 heteroatoms. The van der Waals surface area contributed by atoms with Gasteiger partial charge in [-0.2, -0.15) is 0 Å². The van der Waals surface area contributed by atoms with E-state index in [9.17, 15) is 14.4 Å². The quantitative estimate of drug-likeness (QED) is 0.407. The summed E-state index contributed by atoms with van der Waals surface area (Å²) in [5.41, 5.74) is 2.14. The predicted molar refractivity (Wildman–Crippen MR) is 109 cm³/mol. The van der Waals surface area contributed by atoms with Crippen LogP contribution in [0.1, 0.15) is 71.1 Å². The van der Waals surface area contributed by atoms with Crippen molar-refractivity contribution in [1.82, 2.24) is 9.47 Å². The maximum absolute atomic E-state index is 13.4. The molecule has 0 unspecified atom stereocenters. The first-order valence-electron chi connectivity index (χ1n) is 9.95. The average Bonchev–Trinajstić information content (AvgIpc) is 2.93. The zero-order chi connectivity index (χ0) is 21.0. The summed E-state index contributed by atoms with van der Waals surface area (Å²) in [5.74, 6) is -0.629. The van der Waals surface area contributed by atoms with Gasteiger partial charge in [0.15, 0.2) is 5.78 Å². The number of nitrogens with zero attached hydrogens (tertiary/aromatic N) is 2. The number of aromatic nitrogens is 1. The predicted octanol–water partition coefficient (Wildman–Crippen LogP) is 3.59. The second-order valence-electron chi connectivity index (χ2n) is 7.64. The SMILES string of the molecule is C=CCN(C(=O)C1CCCCC1)[C@@H](C)C(=O)c1c(C)c(C(=O)OC)n(C)c1C. The fourth-order valence-corrected chi connectivity index (χ4v) is 4.24. The zero-order valence-corrected chi connectivity index (χ0v) is 17.7. The number of ketones is 1. The summed E-state index contributed by atoms with van der Waals surface area (Å²) in [6.45, 7) is 9.41. The monoisotopic (exact) mass is 388 g/mol. The molecule has 0 saturated heterocycles. The molecule has 1 aliphatic carbocycles. The van der Waals surface area contributed by atoms with E-state index in [1.807, 2.05) is 0 Å². The van der Waals surface area contributed by atoms with Crippen molar-refractivity contribution in [2.75, 3.05) is 13.7 Å². The number of amides is 1. The molecule has 1 heterocycles. The Bertz CT molecular complexity index is 772. The number of ether oxygens (including phenoxy) is 1. The number of hydrogen-bond donors (Lipinski definition) is 0. The van der Waals surface area contributed by atoms with Crippen molar-refractivity contribution in [3.8, 4) is 0 Å². The summed E-state index contributed by atoms with van der Waals surface area (Å²) in [4.78, 5) is 40.2. The van der Waals surface area contributed by atoms with E-state index in [1.54, 1.807) is 43.4 Å². The molecular formula is C22H32N2O4. The Morgan fingerprint density at radius 2 is 1.86 bits per heavy atom. The number of hydrogen-bond acceptors (Lipinski definition) is 4. The lowest BCUT2D eigenvalue weighted by molar-refractivity contribution is -0.137. The van der Waals surface area contributed by atoms with Crippen LogP contribution in [0.15, 0.2) is 12.7 Å². The Hall–Kier alpha value is -2.37. The second-order valence-corrected chi connectivity index (χ2v) is 7.64. The van der Waals surface area contributed by atoms with Crippen molar-refractivity contribution in [2.24, 2.45) is 13.0 Å². The fraction of sp³-hybridized carbons (Fsp3) is 0.591. The van der Waals surface area contributed by atoms with E-state index >= 15 is 0 Å². The van der Waals surface area contributed by atoms with Gasteiger partial charge in [-0.3, -0.25) is 9.59 Å². The highest BCUT2D eigenvalue weighted by molar-refractivity contribution is 6.06. The van der Waals surface area contributed by atoms with Crippen LogP contribution in [0.3, 0.4) is 0 Å². The minimum atomic E-state index is -0.627. The summed E-state index contributed by atoms with van der Waals surface area (Å²) in [6, 6.07) is -0.627. The third-order valence-corrected chi connectivity index (χ3v) is 5.97. The van der Waals surface area contributed by atoms with E-state index in [1.165, 1.54) is 13.5 Å². The van der Waals surface area contributed by atoms with Crippen molar-refractivity contribution in [3.63, 3.8) is 0 Å². The van der Waals surface area contributed by atoms with Gasteiger partial charge in [0, 0.05) is 30.8 Å². The molecule has 0 radical (unpaired) electrons. The Labute approximate surface area is 167 Å². The normalized spacial score (nSPS) is 15.8. The molecule has 1 aromatic heterocycles. The molecular weight excluding hydrogens is 356 g/mol. The van der Waals surface area contributed by atoms with Gasteiger partial charge >= 0.3 is 5.97 Å². The van der Waals surface area contributed by atoms with E-state index in [4.69, 9.17) is 4.74 Å². The minimum Gasteiger partial charge on any atom is -0.464 e. The van der Waals surface area contributed by atoms with Gasteiger partial charge in [-0.05, 0) is 39.2 Å². The van der Waals surface area contributed by atoms with E-state index in [0.717, 1.165) is 25.7 Å². The standard InChI is InChI=1S/C22H32N2O4/c1-7-13-24(21(26)17-11-9-8-10-12-17)16(4)20(25)18-14(2)19(22(27)28-6)23(5)15(18)3/h7,16-17H,1,8-13H2,2-6H3/t16-/m0/s1. The lowest BCUT2D eigenvalue weighted by Crippen LogP contribution is -2.46. The van der Waals surface area contributed by atoms with Crippen molar-refractivity contribution in [2.45, 2.75) is 58.9 Å². The first kappa shape index (κ1) is 21.9. The van der Waals surface area contributed by atoms with Gasteiger partial charge in [0.2, 0.25) is 5.91 Å². The van der Waals surface area contributed by atoms with Crippen LogP contribution >= 0.6 is 0 Å². The molecule has 0 spiro atoms. The van der Waals surface area contributed by atoms with Crippen LogP contribution in [-0.4, -0.2) is 46.8 Å². The van der Waals surface area contributed by atoms with Crippen LogP contribution < -0.4 is 0 Å². The highest BCUT2D eigenvalue weighted by Gasteiger charge is 2.34. The lowest BCUT2D eigenvalue weighted by atomic mass is 9.87. The first-order chi connectivity index (χ1) is 13.3. The molecule has 1 atom stereocenters. The van der Waals surface area contributed by atoms with Gasteiger partial charge in [0.05, 0.1) is 13.2 Å². The summed E-state index contributed by atoms with van der Waals surface area (Å²) in [6.07, 6.45) is 6.69. The molecule has 6 nitrogen and oxygen atoms in total. The second kappa shape index (κ2) is 9.22. The molecule has 1 aromatic rings. The Morgan fingerprint density at radius 1 is 1.25 bits per heavy atom. The Balaban J connectivity index is 2.36. The van der Waals surface area contributed by atoms with E-state index in [-0.39, 0.29) is 17.6 Å². The van der Waals surface area contributed by atoms with Crippen LogP contribution in [0.5, 0.6) is 0 Å². The molecule has 2 rings (SSSR count). The lowest BCUT2D eigenvalue weighted by Gasteiger charge is -2.32. The average molecular weight is 389 g/mol. The van der Waals surface area contributed by atoms with Crippen molar-refractivity contribution < 1.29 is 19.1 Å². The molecule has 1 fully saturated rings. The zero-order valence-electron chi connectivity index (χ0n) is 17.7. The van der Waals surface area contributed by atoms with Gasteiger partial charge in [0.25, 0.3) is 0 Å². The number of carbonyl (C=O) groups is 3. The minimum absolute atomic E-state index is 0.0208. The van der Waals surface area contributed by atoms with E-state index < -0.39 is 12.0 Å². The molecule has 0 bridgehead atoms. The molecule has 1 aliphatic rings. The van der Waals surface area contributed by atoms with Crippen LogP contribution in [-0.2, 0) is 16.6 Å². The molecule has 0 aliphatic heterocycles. The molecule has 0 aromatic carbocycles. The van der Waals surface area contributed by atoms with Crippen LogP contribution in [0, 0.1) is 19.8 Å². The first-order valence-corrected chi connectivity index (χ1v) is 9.95. The third kappa shape index (κ3) is 4.05. The van der Waals surface area contributed by atoms with Crippen LogP contribution in [0.25, 0.3) is 0 Å². The number of esters is 1. The van der Waals surface area contributed by atoms with Crippen molar-refractivity contribution in [3.05, 3.63) is 35.2 Å². The van der Waals surface area contributed by atoms with E-state index in [0.29, 0.717) is 29.1 Å². The molecule has 1 amide bonds. The van der Waals surface area contributed by atoms with Gasteiger partial charge in [-0.1, -0.05) is 25.3 Å². The van der Waals surface area contributed by atoms with E-state index in [2.05, 4.69) is 6.58 Å². The topological polar surface area (TPSA) is 68.6 Å². The number of methoxy groups -OCH3 is 1. The number of Topliss-reactive ketones (excluding diaryl/α,β-unsaturated/α-hetero) is 1. The van der Waals surface area contributed by atoms with Crippen LogP contribution in [0.2, 0.25) is 0 Å². The molecule has 154 valence electrons. The molecule has 0 N–H and O–H groups in total. The highest BCUT2D eigenvalue weighted by atomic mass is 16.5. The largest absolute Gasteiger partial charge is 0.464 e. The maximum Gasteiger partial charge on any atom is 0.354 e. The van der Waals surface area contributed by atoms with Crippen molar-refractivity contribution >= 4 is 17.7 Å². The maximum atomic E-state index is 13.4. The van der Waals surface area contributed by atoms with Gasteiger partial charge in [-0.15, -0.1) is 6.58 Å². The number of rotatable bonds is 7. The van der Waals surface area contributed by atoms with Gasteiger partial charge < -0.3 is 14.2 Å². The van der Waals surface area contributed by atoms with Gasteiger partial charge in [0.1, 0.15) is 5.69 Å². The summed E-state index contributed by atoms with van der Waals surface area (Å²) >= 11 is 0. The smallest absolute Gasteiger partial charge is 0.354 e. The van der Waals surface area contributed by atoms with Gasteiger partial charge in [-0.25, -0.2) is 4.79 Å². The third-order valence-electron chi connectivity index (χ3n) is 5.97. The summed E-state index contributed by atoms with van der Waals surface area (Å²) in [5, 5.41) is 0. The highest BCUT2D eigenvalue weighted by Crippen LogP contribution is 2.28. The fourth-order valence-electron chi connectivity index (χ4n) is 4.24. The molecule has 28 heavy (non-hydrogen) atoms. The summed E-state index contributed by atoms with van der Waals surface area (Å²) < 4.78 is 6.54. The Morgan fingerprint density at radius 3 is 2.39 bits per heavy atom. The van der Waals surface area contributed by atoms with Crippen LogP contribution in [0.4, 0.5) is 0 Å². The Kier molecular flexibility index (Phi) is 7.22. The molecule has 1 saturated carbocycles. The summed E-state index contributed by atoms with van der Waals surface area (Å²) in [7, 11) is 3.06.